The molecular weight excluding hydrogens is 439 g/mol. The first-order valence-corrected chi connectivity index (χ1v) is 10.6. The summed E-state index contributed by atoms with van der Waals surface area (Å²) in [5, 5.41) is 9.48. The van der Waals surface area contributed by atoms with Crippen LogP contribution in [0.5, 0.6) is 0 Å². The molecule has 0 N–H and O–H groups in total. The van der Waals surface area contributed by atoms with Crippen molar-refractivity contribution < 1.29 is 13.9 Å². The summed E-state index contributed by atoms with van der Waals surface area (Å²) in [6, 6.07) is 13.4. The maximum Gasteiger partial charge on any atom is 0.260 e. The van der Waals surface area contributed by atoms with Crippen LogP contribution in [-0.4, -0.2) is 55.2 Å². The number of morpholine rings is 1. The highest BCUT2D eigenvalue weighted by Gasteiger charge is 2.22. The average molecular weight is 461 g/mol. The van der Waals surface area contributed by atoms with Crippen molar-refractivity contribution in [2.75, 3.05) is 44.3 Å². The van der Waals surface area contributed by atoms with E-state index in [1.807, 2.05) is 0 Å². The Morgan fingerprint density at radius 1 is 1.23 bits per heavy atom. The minimum absolute atomic E-state index is 0. The number of nitriles is 1. The van der Waals surface area contributed by atoms with E-state index in [-0.39, 0.29) is 23.8 Å². The van der Waals surface area contributed by atoms with Crippen molar-refractivity contribution in [2.24, 2.45) is 0 Å². The van der Waals surface area contributed by atoms with Gasteiger partial charge in [-0.25, -0.2) is 9.37 Å². The van der Waals surface area contributed by atoms with E-state index in [1.165, 1.54) is 17.4 Å². The molecule has 162 valence electrons. The molecule has 2 heterocycles. The van der Waals surface area contributed by atoms with Gasteiger partial charge in [-0.05, 0) is 42.8 Å². The fourth-order valence-corrected chi connectivity index (χ4v) is 4.43. The molecule has 1 amide bonds. The molecule has 0 aliphatic carbocycles. The molecule has 2 aromatic carbocycles. The summed E-state index contributed by atoms with van der Waals surface area (Å²) in [7, 11) is 0. The number of para-hydroxylation sites is 1. The molecule has 3 aromatic rings. The van der Waals surface area contributed by atoms with Gasteiger partial charge in [0.2, 0.25) is 0 Å². The molecule has 0 bridgehead atoms. The van der Waals surface area contributed by atoms with E-state index < -0.39 is 5.82 Å². The molecule has 1 fully saturated rings. The molecule has 0 radical (unpaired) electrons. The van der Waals surface area contributed by atoms with E-state index in [9.17, 15) is 9.18 Å². The van der Waals surface area contributed by atoms with Crippen LogP contribution >= 0.6 is 23.7 Å². The third-order valence-corrected chi connectivity index (χ3v) is 6.10. The van der Waals surface area contributed by atoms with Gasteiger partial charge in [-0.15, -0.1) is 12.4 Å². The van der Waals surface area contributed by atoms with Crippen molar-refractivity contribution in [2.45, 2.75) is 6.42 Å². The Morgan fingerprint density at radius 3 is 2.65 bits per heavy atom. The molecule has 31 heavy (non-hydrogen) atoms. The van der Waals surface area contributed by atoms with Gasteiger partial charge in [0.1, 0.15) is 11.3 Å². The van der Waals surface area contributed by atoms with Crippen LogP contribution in [0.25, 0.3) is 10.2 Å². The Balaban J connectivity index is 0.00000272. The summed E-state index contributed by atoms with van der Waals surface area (Å²) in [6.45, 7) is 4.54. The van der Waals surface area contributed by atoms with Gasteiger partial charge in [0.15, 0.2) is 5.13 Å². The van der Waals surface area contributed by atoms with Crippen LogP contribution in [0.15, 0.2) is 42.5 Å². The first kappa shape index (κ1) is 23.1. The van der Waals surface area contributed by atoms with Gasteiger partial charge >= 0.3 is 0 Å². The maximum atomic E-state index is 14.2. The van der Waals surface area contributed by atoms with Crippen LogP contribution in [0.3, 0.4) is 0 Å². The first-order chi connectivity index (χ1) is 14.7. The molecule has 1 aromatic heterocycles. The van der Waals surface area contributed by atoms with Gasteiger partial charge in [0.25, 0.3) is 5.91 Å². The van der Waals surface area contributed by atoms with Crippen LogP contribution < -0.4 is 4.90 Å². The topological polar surface area (TPSA) is 69.5 Å². The van der Waals surface area contributed by atoms with Crippen LogP contribution in [0.1, 0.15) is 22.3 Å². The molecular formula is C22H22ClFN4O2S. The van der Waals surface area contributed by atoms with E-state index in [0.29, 0.717) is 27.5 Å². The summed E-state index contributed by atoms with van der Waals surface area (Å²) in [4.78, 5) is 21.6. The Bertz CT molecular complexity index is 1080. The number of thiazole rings is 1. The second kappa shape index (κ2) is 10.6. The van der Waals surface area contributed by atoms with Crippen molar-refractivity contribution in [1.82, 2.24) is 9.88 Å². The molecule has 1 aliphatic rings. The van der Waals surface area contributed by atoms with Gasteiger partial charge in [-0.2, -0.15) is 5.26 Å². The number of rotatable bonds is 6. The number of hydrogen-bond donors (Lipinski definition) is 0. The van der Waals surface area contributed by atoms with Crippen LogP contribution in [0, 0.1) is 17.1 Å². The number of benzene rings is 2. The fourth-order valence-electron chi connectivity index (χ4n) is 3.42. The van der Waals surface area contributed by atoms with Crippen LogP contribution in [-0.2, 0) is 4.74 Å². The monoisotopic (exact) mass is 460 g/mol. The average Bonchev–Trinajstić information content (AvgIpc) is 3.22. The molecule has 4 rings (SSSR count). The zero-order valence-corrected chi connectivity index (χ0v) is 18.4. The minimum atomic E-state index is -0.394. The van der Waals surface area contributed by atoms with E-state index in [1.54, 1.807) is 41.3 Å². The van der Waals surface area contributed by atoms with Gasteiger partial charge in [-0.1, -0.05) is 17.4 Å². The predicted octanol–water partition coefficient (Wildman–Crippen LogP) is 4.10. The van der Waals surface area contributed by atoms with E-state index in [2.05, 4.69) is 16.0 Å². The number of fused-ring (bicyclic) bond motifs is 1. The highest BCUT2D eigenvalue weighted by atomic mass is 35.5. The van der Waals surface area contributed by atoms with Crippen molar-refractivity contribution in [3.8, 4) is 6.07 Å². The summed E-state index contributed by atoms with van der Waals surface area (Å²) >= 11 is 1.30. The van der Waals surface area contributed by atoms with Crippen molar-refractivity contribution >= 4 is 45.0 Å². The lowest BCUT2D eigenvalue weighted by atomic mass is 10.1. The minimum Gasteiger partial charge on any atom is -0.379 e. The number of anilines is 1. The summed E-state index contributed by atoms with van der Waals surface area (Å²) in [6.07, 6.45) is 0.764. The second-order valence-corrected chi connectivity index (χ2v) is 8.05. The standard InChI is InChI=1S/C22H21FN4O2S.ClH/c23-18-3-1-4-19-20(18)25-22(30-19)27(10-2-9-26-11-13-29-14-12-26)21(28)17-7-5-16(15-24)6-8-17;/h1,3-8H,2,9-14H2;1H. The highest BCUT2D eigenvalue weighted by molar-refractivity contribution is 7.22. The van der Waals surface area contributed by atoms with Crippen molar-refractivity contribution in [3.05, 3.63) is 59.4 Å². The van der Waals surface area contributed by atoms with E-state index >= 15 is 0 Å². The summed E-state index contributed by atoms with van der Waals surface area (Å²) < 4.78 is 20.2. The molecule has 6 nitrogen and oxygen atoms in total. The third-order valence-electron chi connectivity index (χ3n) is 5.06. The number of hydrogen-bond acceptors (Lipinski definition) is 6. The van der Waals surface area contributed by atoms with E-state index in [0.717, 1.165) is 39.3 Å². The molecule has 1 saturated heterocycles. The molecule has 0 atom stereocenters. The van der Waals surface area contributed by atoms with Crippen LogP contribution in [0.2, 0.25) is 0 Å². The third kappa shape index (κ3) is 5.38. The Morgan fingerprint density at radius 2 is 1.97 bits per heavy atom. The number of halogens is 2. The predicted molar refractivity (Wildman–Crippen MR) is 122 cm³/mol. The summed E-state index contributed by atoms with van der Waals surface area (Å²) in [5.74, 6) is -0.602. The lowest BCUT2D eigenvalue weighted by Crippen LogP contribution is -2.39. The normalized spacial score (nSPS) is 14.1. The Labute approximate surface area is 190 Å². The first-order valence-electron chi connectivity index (χ1n) is 9.83. The van der Waals surface area contributed by atoms with Gasteiger partial charge in [-0.3, -0.25) is 14.6 Å². The van der Waals surface area contributed by atoms with Gasteiger partial charge in [0.05, 0.1) is 29.5 Å². The van der Waals surface area contributed by atoms with E-state index in [4.69, 9.17) is 10.00 Å². The lowest BCUT2D eigenvalue weighted by Gasteiger charge is -2.27. The van der Waals surface area contributed by atoms with Gasteiger partial charge < -0.3 is 4.74 Å². The largest absolute Gasteiger partial charge is 0.379 e. The number of aromatic nitrogens is 1. The quantitative estimate of drug-likeness (QED) is 0.554. The highest BCUT2D eigenvalue weighted by Crippen LogP contribution is 2.31. The molecule has 9 heteroatoms. The SMILES string of the molecule is Cl.N#Cc1ccc(C(=O)N(CCCN2CCOCC2)c2nc3c(F)cccc3s2)cc1. The Hall–Kier alpha value is -2.57. The number of ether oxygens (including phenoxy) is 1. The zero-order valence-electron chi connectivity index (χ0n) is 16.8. The summed E-state index contributed by atoms with van der Waals surface area (Å²) in [5.41, 5.74) is 1.25. The van der Waals surface area contributed by atoms with Crippen molar-refractivity contribution in [3.63, 3.8) is 0 Å². The molecule has 0 saturated carbocycles. The number of nitrogens with zero attached hydrogens (tertiary/aromatic N) is 4. The van der Waals surface area contributed by atoms with Crippen molar-refractivity contribution in [1.29, 1.82) is 5.26 Å². The zero-order chi connectivity index (χ0) is 20.9. The second-order valence-electron chi connectivity index (χ2n) is 7.04. The lowest BCUT2D eigenvalue weighted by molar-refractivity contribution is 0.0376. The fraction of sp³-hybridized carbons (Fsp3) is 0.318. The molecule has 0 unspecified atom stereocenters. The molecule has 1 aliphatic heterocycles. The molecule has 0 spiro atoms. The Kier molecular flexibility index (Phi) is 7.93. The maximum absolute atomic E-state index is 14.2. The van der Waals surface area contributed by atoms with Crippen LogP contribution in [0.4, 0.5) is 9.52 Å². The number of carbonyl (C=O) groups excluding carboxylic acids is 1. The van der Waals surface area contributed by atoms with Gasteiger partial charge in [0, 0.05) is 31.7 Å². The number of carbonyl (C=O) groups is 1. The number of amides is 1. The smallest absolute Gasteiger partial charge is 0.260 e.